The number of unbranched alkanes of at least 4 members (excludes halogenated alkanes) is 1. The Hall–Kier alpha value is 0. The lowest BCUT2D eigenvalue weighted by atomic mass is 9.73. The fraction of sp³-hybridized carbons (Fsp3) is 1.00. The molecule has 0 amide bonds. The summed E-state index contributed by atoms with van der Waals surface area (Å²) < 4.78 is 0. The minimum Gasteiger partial charge on any atom is -0.0651 e. The van der Waals surface area contributed by atoms with Gasteiger partial charge in [0.15, 0.2) is 0 Å². The minimum atomic E-state index is 0.548. The van der Waals surface area contributed by atoms with Crippen molar-refractivity contribution in [2.45, 2.75) is 80.1 Å². The van der Waals surface area contributed by atoms with E-state index in [0.29, 0.717) is 5.41 Å². The first-order valence-corrected chi connectivity index (χ1v) is 6.94. The fourth-order valence-corrected chi connectivity index (χ4v) is 2.38. The van der Waals surface area contributed by atoms with Crippen LogP contribution in [-0.4, -0.2) is 0 Å². The molecule has 0 aromatic carbocycles. The van der Waals surface area contributed by atoms with Crippen molar-refractivity contribution < 1.29 is 0 Å². The molecule has 0 aromatic rings. The van der Waals surface area contributed by atoms with Gasteiger partial charge in [-0.25, -0.2) is 0 Å². The maximum atomic E-state index is 2.43. The van der Waals surface area contributed by atoms with Gasteiger partial charge in [0, 0.05) is 0 Å². The van der Waals surface area contributed by atoms with E-state index in [1.165, 1.54) is 38.5 Å². The van der Waals surface area contributed by atoms with Gasteiger partial charge in [0.1, 0.15) is 0 Å². The molecule has 15 heavy (non-hydrogen) atoms. The van der Waals surface area contributed by atoms with Crippen LogP contribution >= 0.6 is 0 Å². The van der Waals surface area contributed by atoms with Crippen molar-refractivity contribution >= 4 is 0 Å². The van der Waals surface area contributed by atoms with E-state index >= 15 is 0 Å². The van der Waals surface area contributed by atoms with E-state index < -0.39 is 0 Å². The Morgan fingerprint density at radius 3 is 1.87 bits per heavy atom. The maximum absolute atomic E-state index is 2.43. The number of rotatable bonds is 8. The van der Waals surface area contributed by atoms with Gasteiger partial charge in [0.2, 0.25) is 0 Å². The van der Waals surface area contributed by atoms with E-state index in [1.54, 1.807) is 0 Å². The molecule has 0 nitrogen and oxygen atoms in total. The van der Waals surface area contributed by atoms with Crippen LogP contribution in [0.25, 0.3) is 0 Å². The Morgan fingerprint density at radius 1 is 0.933 bits per heavy atom. The van der Waals surface area contributed by atoms with Crippen LogP contribution in [0.5, 0.6) is 0 Å². The summed E-state index contributed by atoms with van der Waals surface area (Å²) in [6.45, 7) is 14.2. The second kappa shape index (κ2) is 7.30. The van der Waals surface area contributed by atoms with Crippen LogP contribution in [0.15, 0.2) is 0 Å². The molecule has 0 saturated heterocycles. The normalized spacial score (nSPS) is 14.6. The van der Waals surface area contributed by atoms with Crippen LogP contribution in [0, 0.1) is 17.3 Å². The molecule has 1 unspecified atom stereocenters. The standard InChI is InChI=1S/C15H32/c1-7-14(15(5,6)8-2)12-10-9-11-13(3)4/h13-14H,7-12H2,1-6H3. The summed E-state index contributed by atoms with van der Waals surface area (Å²) in [5.41, 5.74) is 0.548. The summed E-state index contributed by atoms with van der Waals surface area (Å²) in [5, 5.41) is 0. The predicted octanol–water partition coefficient (Wildman–Crippen LogP) is 5.67. The molecule has 0 aliphatic carbocycles. The quantitative estimate of drug-likeness (QED) is 0.455. The summed E-state index contributed by atoms with van der Waals surface area (Å²) in [4.78, 5) is 0. The van der Waals surface area contributed by atoms with Crippen molar-refractivity contribution in [2.24, 2.45) is 17.3 Å². The van der Waals surface area contributed by atoms with Crippen molar-refractivity contribution in [1.29, 1.82) is 0 Å². The largest absolute Gasteiger partial charge is 0.0651 e. The molecule has 0 spiro atoms. The maximum Gasteiger partial charge on any atom is -0.0329 e. The van der Waals surface area contributed by atoms with Crippen LogP contribution in [0.1, 0.15) is 80.1 Å². The molecule has 0 aliphatic rings. The Bertz CT molecular complexity index is 144. The summed E-state index contributed by atoms with van der Waals surface area (Å²) in [6, 6.07) is 0. The van der Waals surface area contributed by atoms with Gasteiger partial charge in [0.25, 0.3) is 0 Å². The van der Waals surface area contributed by atoms with Gasteiger partial charge in [-0.15, -0.1) is 0 Å². The van der Waals surface area contributed by atoms with Crippen molar-refractivity contribution in [2.75, 3.05) is 0 Å². The molecular formula is C15H32. The molecule has 0 heteroatoms. The van der Waals surface area contributed by atoms with Crippen molar-refractivity contribution in [3.05, 3.63) is 0 Å². The van der Waals surface area contributed by atoms with E-state index in [2.05, 4.69) is 41.5 Å². The third kappa shape index (κ3) is 6.22. The fourth-order valence-electron chi connectivity index (χ4n) is 2.38. The Kier molecular flexibility index (Phi) is 7.30. The summed E-state index contributed by atoms with van der Waals surface area (Å²) in [7, 11) is 0. The highest BCUT2D eigenvalue weighted by molar-refractivity contribution is 4.76. The highest BCUT2D eigenvalue weighted by atomic mass is 14.3. The minimum absolute atomic E-state index is 0.548. The van der Waals surface area contributed by atoms with Crippen molar-refractivity contribution in [3.8, 4) is 0 Å². The second-order valence-electron chi connectivity index (χ2n) is 6.13. The lowest BCUT2D eigenvalue weighted by Crippen LogP contribution is -2.22. The highest BCUT2D eigenvalue weighted by Crippen LogP contribution is 2.36. The molecule has 92 valence electrons. The number of hydrogen-bond acceptors (Lipinski definition) is 0. The molecule has 0 fully saturated rings. The van der Waals surface area contributed by atoms with Gasteiger partial charge in [-0.05, 0) is 23.7 Å². The van der Waals surface area contributed by atoms with Gasteiger partial charge < -0.3 is 0 Å². The highest BCUT2D eigenvalue weighted by Gasteiger charge is 2.25. The zero-order valence-corrected chi connectivity index (χ0v) is 11.9. The van der Waals surface area contributed by atoms with E-state index in [4.69, 9.17) is 0 Å². The van der Waals surface area contributed by atoms with Crippen molar-refractivity contribution in [1.82, 2.24) is 0 Å². The number of hydrogen-bond donors (Lipinski definition) is 0. The van der Waals surface area contributed by atoms with E-state index in [-0.39, 0.29) is 0 Å². The van der Waals surface area contributed by atoms with Crippen LogP contribution in [0.4, 0.5) is 0 Å². The topological polar surface area (TPSA) is 0 Å². The first kappa shape index (κ1) is 15.0. The van der Waals surface area contributed by atoms with Crippen LogP contribution < -0.4 is 0 Å². The average molecular weight is 212 g/mol. The van der Waals surface area contributed by atoms with E-state index in [0.717, 1.165) is 11.8 Å². The van der Waals surface area contributed by atoms with Crippen LogP contribution in [0.2, 0.25) is 0 Å². The average Bonchev–Trinajstić information content (AvgIpc) is 2.17. The smallest absolute Gasteiger partial charge is 0.0329 e. The molecule has 0 rings (SSSR count). The zero-order valence-electron chi connectivity index (χ0n) is 11.9. The van der Waals surface area contributed by atoms with E-state index in [9.17, 15) is 0 Å². The summed E-state index contributed by atoms with van der Waals surface area (Å²) in [5.74, 6) is 1.80. The Labute approximate surface area is 97.8 Å². The zero-order chi connectivity index (χ0) is 11.9. The molecule has 0 N–H and O–H groups in total. The van der Waals surface area contributed by atoms with Gasteiger partial charge in [-0.1, -0.05) is 73.6 Å². The SMILES string of the molecule is CCC(CCCCC(C)C)C(C)(C)CC. The molecule has 0 aromatic heterocycles. The Balaban J connectivity index is 3.81. The van der Waals surface area contributed by atoms with Gasteiger partial charge >= 0.3 is 0 Å². The molecule has 0 aliphatic heterocycles. The lowest BCUT2D eigenvalue weighted by Gasteiger charge is -2.33. The summed E-state index contributed by atoms with van der Waals surface area (Å²) in [6.07, 6.45) is 8.36. The van der Waals surface area contributed by atoms with E-state index in [1.807, 2.05) is 0 Å². The lowest BCUT2D eigenvalue weighted by molar-refractivity contribution is 0.180. The Morgan fingerprint density at radius 2 is 1.47 bits per heavy atom. The van der Waals surface area contributed by atoms with Crippen molar-refractivity contribution in [3.63, 3.8) is 0 Å². The molecule has 0 radical (unpaired) electrons. The van der Waals surface area contributed by atoms with Gasteiger partial charge in [-0.2, -0.15) is 0 Å². The van der Waals surface area contributed by atoms with Gasteiger partial charge in [0.05, 0.1) is 0 Å². The molecule has 0 heterocycles. The first-order valence-electron chi connectivity index (χ1n) is 6.94. The summed E-state index contributed by atoms with van der Waals surface area (Å²) >= 11 is 0. The second-order valence-corrected chi connectivity index (χ2v) is 6.13. The molecule has 0 bridgehead atoms. The molecule has 0 saturated carbocycles. The monoisotopic (exact) mass is 212 g/mol. The third-order valence-electron chi connectivity index (χ3n) is 4.09. The van der Waals surface area contributed by atoms with Crippen LogP contribution in [-0.2, 0) is 0 Å². The first-order chi connectivity index (χ1) is 6.94. The van der Waals surface area contributed by atoms with Crippen LogP contribution in [0.3, 0.4) is 0 Å². The third-order valence-corrected chi connectivity index (χ3v) is 4.09. The predicted molar refractivity (Wildman–Crippen MR) is 71.2 cm³/mol. The van der Waals surface area contributed by atoms with Gasteiger partial charge in [-0.3, -0.25) is 0 Å². The molecule has 1 atom stereocenters. The molecular weight excluding hydrogens is 180 g/mol.